The Balaban J connectivity index is 1.82. The van der Waals surface area contributed by atoms with Crippen molar-refractivity contribution < 1.29 is 14.3 Å². The minimum absolute atomic E-state index is 0.0640. The quantitative estimate of drug-likeness (QED) is 0.691. The van der Waals surface area contributed by atoms with E-state index in [1.807, 2.05) is 18.2 Å². The highest BCUT2D eigenvalue weighted by Crippen LogP contribution is 2.23. The largest absolute Gasteiger partial charge is 0.496 e. The highest BCUT2D eigenvalue weighted by Gasteiger charge is 2.13. The van der Waals surface area contributed by atoms with Crippen molar-refractivity contribution in [2.75, 3.05) is 12.4 Å². The number of nitrogens with one attached hydrogen (secondary N) is 1. The number of methoxy groups -OCH3 is 1. The van der Waals surface area contributed by atoms with Crippen LogP contribution in [0.25, 0.3) is 5.69 Å². The molecular formula is C19H18N4O3. The highest BCUT2D eigenvalue weighted by atomic mass is 16.5. The van der Waals surface area contributed by atoms with Crippen LogP contribution >= 0.6 is 0 Å². The second-order valence-corrected chi connectivity index (χ2v) is 5.66. The van der Waals surface area contributed by atoms with Gasteiger partial charge in [-0.1, -0.05) is 12.1 Å². The van der Waals surface area contributed by atoms with Crippen molar-refractivity contribution in [3.05, 3.63) is 66.2 Å². The lowest BCUT2D eigenvalue weighted by molar-refractivity contribution is -0.115. The van der Waals surface area contributed by atoms with Gasteiger partial charge in [-0.15, -0.1) is 0 Å². The van der Waals surface area contributed by atoms with E-state index >= 15 is 0 Å². The number of rotatable bonds is 6. The molecule has 3 aromatic rings. The van der Waals surface area contributed by atoms with Gasteiger partial charge in [0.05, 0.1) is 24.9 Å². The van der Waals surface area contributed by atoms with E-state index < -0.39 is 0 Å². The molecule has 26 heavy (non-hydrogen) atoms. The summed E-state index contributed by atoms with van der Waals surface area (Å²) in [4.78, 5) is 28.1. The normalized spacial score (nSPS) is 10.4. The van der Waals surface area contributed by atoms with E-state index in [0.717, 1.165) is 0 Å². The van der Waals surface area contributed by atoms with Crippen LogP contribution < -0.4 is 10.1 Å². The molecule has 0 bridgehead atoms. The summed E-state index contributed by atoms with van der Waals surface area (Å²) >= 11 is 0. The number of anilines is 1. The van der Waals surface area contributed by atoms with Crippen LogP contribution in [0.1, 0.15) is 22.8 Å². The van der Waals surface area contributed by atoms with Gasteiger partial charge in [0.15, 0.2) is 5.78 Å². The first-order valence-electron chi connectivity index (χ1n) is 8.00. The number of amides is 1. The molecule has 7 nitrogen and oxygen atoms in total. The molecule has 0 atom stereocenters. The fourth-order valence-electron chi connectivity index (χ4n) is 2.61. The molecule has 0 saturated carbocycles. The van der Waals surface area contributed by atoms with Gasteiger partial charge in [-0.2, -0.15) is 5.10 Å². The number of benzene rings is 2. The number of Topliss-reactive ketones (excluding diaryl/α,β-unsaturated/α-hetero) is 1. The molecule has 3 rings (SSSR count). The molecule has 0 aliphatic carbocycles. The second kappa shape index (κ2) is 7.60. The highest BCUT2D eigenvalue weighted by molar-refractivity contribution is 5.96. The molecule has 132 valence electrons. The number of ether oxygens (including phenoxy) is 1. The van der Waals surface area contributed by atoms with Gasteiger partial charge in [-0.25, -0.2) is 9.67 Å². The lowest BCUT2D eigenvalue weighted by atomic mass is 10.0. The van der Waals surface area contributed by atoms with Gasteiger partial charge in [-0.3, -0.25) is 9.59 Å². The van der Waals surface area contributed by atoms with E-state index in [2.05, 4.69) is 15.4 Å². The third kappa shape index (κ3) is 3.77. The number of aromatic nitrogens is 3. The molecule has 0 aliphatic rings. The van der Waals surface area contributed by atoms with E-state index in [9.17, 15) is 9.59 Å². The second-order valence-electron chi connectivity index (χ2n) is 5.66. The number of carbonyl (C=O) groups excluding carboxylic acids is 2. The first kappa shape index (κ1) is 17.3. The van der Waals surface area contributed by atoms with E-state index in [4.69, 9.17) is 4.74 Å². The maximum absolute atomic E-state index is 12.6. The Morgan fingerprint density at radius 1 is 1.19 bits per heavy atom. The lowest BCUT2D eigenvalue weighted by Crippen LogP contribution is -2.17. The molecule has 0 fully saturated rings. The van der Waals surface area contributed by atoms with E-state index in [-0.39, 0.29) is 18.1 Å². The van der Waals surface area contributed by atoms with Gasteiger partial charge in [-0.05, 0) is 37.3 Å². The molecule has 0 unspecified atom stereocenters. The van der Waals surface area contributed by atoms with Crippen LogP contribution in [-0.2, 0) is 11.2 Å². The van der Waals surface area contributed by atoms with Crippen molar-refractivity contribution >= 4 is 17.4 Å². The van der Waals surface area contributed by atoms with E-state index in [1.54, 1.807) is 35.3 Å². The number of ketones is 1. The molecule has 1 heterocycles. The van der Waals surface area contributed by atoms with Crippen LogP contribution in [-0.4, -0.2) is 33.6 Å². The summed E-state index contributed by atoms with van der Waals surface area (Å²) in [6.07, 6.45) is 3.07. The zero-order chi connectivity index (χ0) is 18.5. The zero-order valence-corrected chi connectivity index (χ0v) is 14.5. The maximum atomic E-state index is 12.6. The maximum Gasteiger partial charge on any atom is 0.228 e. The first-order chi connectivity index (χ1) is 12.6. The third-order valence-electron chi connectivity index (χ3n) is 3.88. The van der Waals surface area contributed by atoms with Gasteiger partial charge in [0, 0.05) is 11.1 Å². The predicted molar refractivity (Wildman–Crippen MR) is 96.7 cm³/mol. The van der Waals surface area contributed by atoms with Crippen molar-refractivity contribution in [1.29, 1.82) is 0 Å². The Morgan fingerprint density at radius 2 is 2.00 bits per heavy atom. The Morgan fingerprint density at radius 3 is 2.69 bits per heavy atom. The topological polar surface area (TPSA) is 86.1 Å². The fourth-order valence-corrected chi connectivity index (χ4v) is 2.61. The van der Waals surface area contributed by atoms with Crippen LogP contribution in [0.15, 0.2) is 55.1 Å². The molecule has 2 aromatic carbocycles. The van der Waals surface area contributed by atoms with Gasteiger partial charge in [0.1, 0.15) is 18.4 Å². The smallest absolute Gasteiger partial charge is 0.228 e. The molecule has 1 amide bonds. The van der Waals surface area contributed by atoms with Gasteiger partial charge >= 0.3 is 0 Å². The molecule has 0 aliphatic heterocycles. The average molecular weight is 350 g/mol. The summed E-state index contributed by atoms with van der Waals surface area (Å²) in [5, 5.41) is 6.97. The molecule has 7 heteroatoms. The molecule has 0 radical (unpaired) electrons. The van der Waals surface area contributed by atoms with E-state index in [1.165, 1.54) is 20.4 Å². The fraction of sp³-hybridized carbons (Fsp3) is 0.158. The lowest BCUT2D eigenvalue weighted by Gasteiger charge is -2.12. The molecule has 1 aromatic heterocycles. The van der Waals surface area contributed by atoms with Crippen LogP contribution in [0, 0.1) is 0 Å². The monoisotopic (exact) mass is 350 g/mol. The summed E-state index contributed by atoms with van der Waals surface area (Å²) in [7, 11) is 1.53. The SMILES string of the molecule is COc1ccc(C(C)=O)cc1CC(=O)Nc1ccccc1-n1cncn1. The van der Waals surface area contributed by atoms with Crippen LogP contribution in [0.4, 0.5) is 5.69 Å². The summed E-state index contributed by atoms with van der Waals surface area (Å²) in [6, 6.07) is 12.4. The Hall–Kier alpha value is -3.48. The average Bonchev–Trinajstić information content (AvgIpc) is 3.16. The molecule has 0 spiro atoms. The standard InChI is InChI=1S/C19H18N4O3/c1-13(24)14-7-8-18(26-2)15(9-14)10-19(25)22-16-5-3-4-6-17(16)23-12-20-11-21-23/h3-9,11-12H,10H2,1-2H3,(H,22,25). The van der Waals surface area contributed by atoms with Crippen molar-refractivity contribution in [1.82, 2.24) is 14.8 Å². The number of hydrogen-bond donors (Lipinski definition) is 1. The van der Waals surface area contributed by atoms with Crippen LogP contribution in [0.3, 0.4) is 0 Å². The number of para-hydroxylation sites is 2. The molecule has 1 N–H and O–H groups in total. The van der Waals surface area contributed by atoms with Crippen molar-refractivity contribution in [2.45, 2.75) is 13.3 Å². The summed E-state index contributed by atoms with van der Waals surface area (Å²) in [6.45, 7) is 1.49. The Labute approximate surface area is 150 Å². The number of carbonyl (C=O) groups is 2. The third-order valence-corrected chi connectivity index (χ3v) is 3.88. The van der Waals surface area contributed by atoms with Crippen molar-refractivity contribution in [3.8, 4) is 11.4 Å². The Kier molecular flexibility index (Phi) is 5.07. The van der Waals surface area contributed by atoms with Gasteiger partial charge in [0.2, 0.25) is 5.91 Å². The zero-order valence-electron chi connectivity index (χ0n) is 14.5. The first-order valence-corrected chi connectivity index (χ1v) is 8.00. The Bertz CT molecular complexity index is 936. The summed E-state index contributed by atoms with van der Waals surface area (Å²) in [5.41, 5.74) is 2.51. The minimum Gasteiger partial charge on any atom is -0.496 e. The summed E-state index contributed by atoms with van der Waals surface area (Å²) < 4.78 is 6.88. The minimum atomic E-state index is -0.225. The van der Waals surface area contributed by atoms with Gasteiger partial charge in [0.25, 0.3) is 0 Å². The number of nitrogens with zero attached hydrogens (tertiary/aromatic N) is 3. The van der Waals surface area contributed by atoms with Crippen LogP contribution in [0.5, 0.6) is 5.75 Å². The van der Waals surface area contributed by atoms with Crippen LogP contribution in [0.2, 0.25) is 0 Å². The van der Waals surface area contributed by atoms with E-state index in [0.29, 0.717) is 28.3 Å². The number of hydrogen-bond acceptors (Lipinski definition) is 5. The van der Waals surface area contributed by atoms with Gasteiger partial charge < -0.3 is 10.1 Å². The van der Waals surface area contributed by atoms with Crippen molar-refractivity contribution in [2.24, 2.45) is 0 Å². The summed E-state index contributed by atoms with van der Waals surface area (Å²) in [5.74, 6) is 0.275. The van der Waals surface area contributed by atoms with Crippen molar-refractivity contribution in [3.63, 3.8) is 0 Å². The molecular weight excluding hydrogens is 332 g/mol. The molecule has 0 saturated heterocycles. The predicted octanol–water partition coefficient (Wildman–Crippen LogP) is 2.66.